The number of nitrogens with one attached hydrogen (secondary N) is 1. The minimum Gasteiger partial charge on any atom is -0.308 e. The van der Waals surface area contributed by atoms with Gasteiger partial charge >= 0.3 is 0 Å². The second kappa shape index (κ2) is 6.68. The van der Waals surface area contributed by atoms with Crippen molar-refractivity contribution in [2.45, 2.75) is 39.2 Å². The van der Waals surface area contributed by atoms with Crippen molar-refractivity contribution in [3.8, 4) is 0 Å². The third kappa shape index (κ3) is 3.33. The molecule has 0 atom stereocenters. The van der Waals surface area contributed by atoms with Crippen molar-refractivity contribution in [2.24, 2.45) is 11.8 Å². The lowest BCUT2D eigenvalue weighted by molar-refractivity contribution is 0.168. The van der Waals surface area contributed by atoms with E-state index < -0.39 is 0 Å². The molecular formula is C15H23N5S. The van der Waals surface area contributed by atoms with Gasteiger partial charge in [0.25, 0.3) is 0 Å². The monoisotopic (exact) mass is 305 g/mol. The molecule has 21 heavy (non-hydrogen) atoms. The van der Waals surface area contributed by atoms with Gasteiger partial charge in [-0.05, 0) is 43.3 Å². The predicted molar refractivity (Wildman–Crippen MR) is 88.1 cm³/mol. The summed E-state index contributed by atoms with van der Waals surface area (Å²) in [6.07, 6.45) is 5.27. The first-order valence-electron chi connectivity index (χ1n) is 7.73. The van der Waals surface area contributed by atoms with Gasteiger partial charge < -0.3 is 5.43 Å². The average Bonchev–Trinajstić information content (AvgIpc) is 2.97. The maximum Gasteiger partial charge on any atom is 0.152 e. The Morgan fingerprint density at radius 3 is 2.90 bits per heavy atom. The summed E-state index contributed by atoms with van der Waals surface area (Å²) in [5, 5.41) is 3.04. The summed E-state index contributed by atoms with van der Waals surface area (Å²) in [5.74, 6) is 8.09. The highest BCUT2D eigenvalue weighted by atomic mass is 32.1. The molecule has 2 aromatic heterocycles. The Bertz CT molecular complexity index is 589. The SMILES string of the molecule is CCCC1CCN(Cc2nc(NN)c3ccsc3n2)CC1. The van der Waals surface area contributed by atoms with E-state index in [-0.39, 0.29) is 0 Å². The third-order valence-electron chi connectivity index (χ3n) is 4.28. The van der Waals surface area contributed by atoms with Gasteiger partial charge in [-0.2, -0.15) is 0 Å². The van der Waals surface area contributed by atoms with Crippen molar-refractivity contribution in [3.63, 3.8) is 0 Å². The summed E-state index contributed by atoms with van der Waals surface area (Å²) in [5.41, 5.74) is 2.69. The lowest BCUT2D eigenvalue weighted by Gasteiger charge is -2.31. The molecule has 5 nitrogen and oxygen atoms in total. The molecule has 0 aliphatic carbocycles. The van der Waals surface area contributed by atoms with Crippen LogP contribution in [0.3, 0.4) is 0 Å². The summed E-state index contributed by atoms with van der Waals surface area (Å²) in [4.78, 5) is 12.7. The van der Waals surface area contributed by atoms with Crippen LogP contribution in [0.15, 0.2) is 11.4 Å². The van der Waals surface area contributed by atoms with Crippen LogP contribution in [0, 0.1) is 5.92 Å². The first-order chi connectivity index (χ1) is 10.3. The summed E-state index contributed by atoms with van der Waals surface area (Å²) < 4.78 is 0. The molecular weight excluding hydrogens is 282 g/mol. The zero-order valence-corrected chi connectivity index (χ0v) is 13.3. The normalized spacial score (nSPS) is 17.4. The zero-order chi connectivity index (χ0) is 14.7. The quantitative estimate of drug-likeness (QED) is 0.656. The summed E-state index contributed by atoms with van der Waals surface area (Å²) >= 11 is 1.63. The second-order valence-corrected chi connectivity index (χ2v) is 6.67. The van der Waals surface area contributed by atoms with Gasteiger partial charge in [0.1, 0.15) is 10.7 Å². The van der Waals surface area contributed by atoms with Crippen LogP contribution in [0.2, 0.25) is 0 Å². The van der Waals surface area contributed by atoms with E-state index in [0.29, 0.717) is 0 Å². The highest BCUT2D eigenvalue weighted by molar-refractivity contribution is 7.16. The van der Waals surface area contributed by atoms with Gasteiger partial charge in [0.2, 0.25) is 0 Å². The van der Waals surface area contributed by atoms with Crippen LogP contribution in [0.25, 0.3) is 10.2 Å². The Morgan fingerprint density at radius 1 is 1.38 bits per heavy atom. The molecule has 3 N–H and O–H groups in total. The Balaban J connectivity index is 1.68. The van der Waals surface area contributed by atoms with E-state index in [1.807, 2.05) is 11.4 Å². The average molecular weight is 305 g/mol. The fourth-order valence-electron chi connectivity index (χ4n) is 3.12. The number of hydrogen-bond donors (Lipinski definition) is 2. The molecule has 1 aliphatic heterocycles. The molecule has 0 spiro atoms. The molecule has 0 radical (unpaired) electrons. The van der Waals surface area contributed by atoms with Gasteiger partial charge in [0.15, 0.2) is 5.82 Å². The van der Waals surface area contributed by atoms with Crippen LogP contribution in [0.1, 0.15) is 38.4 Å². The minimum absolute atomic E-state index is 0.733. The summed E-state index contributed by atoms with van der Waals surface area (Å²) in [6.45, 7) is 5.41. The lowest BCUT2D eigenvalue weighted by atomic mass is 9.92. The number of thiophene rings is 1. The van der Waals surface area contributed by atoms with Crippen LogP contribution in [-0.4, -0.2) is 28.0 Å². The fourth-order valence-corrected chi connectivity index (χ4v) is 3.90. The van der Waals surface area contributed by atoms with E-state index in [1.165, 1.54) is 25.7 Å². The first-order valence-corrected chi connectivity index (χ1v) is 8.61. The molecule has 0 aromatic carbocycles. The number of aromatic nitrogens is 2. The molecule has 1 saturated heterocycles. The molecule has 1 aliphatic rings. The number of piperidine rings is 1. The van der Waals surface area contributed by atoms with E-state index in [9.17, 15) is 0 Å². The minimum atomic E-state index is 0.733. The molecule has 2 aromatic rings. The number of hydrogen-bond acceptors (Lipinski definition) is 6. The van der Waals surface area contributed by atoms with Crippen molar-refractivity contribution in [2.75, 3.05) is 18.5 Å². The summed E-state index contributed by atoms with van der Waals surface area (Å²) in [6, 6.07) is 2.01. The predicted octanol–water partition coefficient (Wildman–Crippen LogP) is 2.99. The molecule has 0 amide bonds. The first kappa shape index (κ1) is 14.7. The van der Waals surface area contributed by atoms with Crippen LogP contribution >= 0.6 is 11.3 Å². The van der Waals surface area contributed by atoms with Gasteiger partial charge in [0, 0.05) is 0 Å². The van der Waals surface area contributed by atoms with Crippen molar-refractivity contribution >= 4 is 27.4 Å². The lowest BCUT2D eigenvalue weighted by Crippen LogP contribution is -2.33. The van der Waals surface area contributed by atoms with Gasteiger partial charge in [-0.15, -0.1) is 11.3 Å². The molecule has 3 heterocycles. The Hall–Kier alpha value is -1.24. The van der Waals surface area contributed by atoms with E-state index in [2.05, 4.69) is 27.2 Å². The topological polar surface area (TPSA) is 67.1 Å². The number of fused-ring (bicyclic) bond motifs is 1. The molecule has 3 rings (SSSR count). The van der Waals surface area contributed by atoms with Gasteiger partial charge in [0.05, 0.1) is 11.9 Å². The number of nitrogens with two attached hydrogens (primary N) is 1. The third-order valence-corrected chi connectivity index (χ3v) is 5.08. The maximum atomic E-state index is 5.58. The Kier molecular flexibility index (Phi) is 4.67. The Labute approximate surface area is 129 Å². The van der Waals surface area contributed by atoms with Crippen LogP contribution in [0.4, 0.5) is 5.82 Å². The number of rotatable bonds is 5. The molecule has 6 heteroatoms. The zero-order valence-electron chi connectivity index (χ0n) is 12.5. The number of nitrogen functional groups attached to an aromatic ring is 1. The van der Waals surface area contributed by atoms with E-state index >= 15 is 0 Å². The van der Waals surface area contributed by atoms with Crippen molar-refractivity contribution < 1.29 is 0 Å². The van der Waals surface area contributed by atoms with Crippen molar-refractivity contribution in [1.82, 2.24) is 14.9 Å². The summed E-state index contributed by atoms with van der Waals surface area (Å²) in [7, 11) is 0. The van der Waals surface area contributed by atoms with Crippen molar-refractivity contribution in [3.05, 3.63) is 17.3 Å². The second-order valence-electron chi connectivity index (χ2n) is 5.78. The van der Waals surface area contributed by atoms with E-state index in [0.717, 1.165) is 47.4 Å². The van der Waals surface area contributed by atoms with Crippen molar-refractivity contribution in [1.29, 1.82) is 0 Å². The Morgan fingerprint density at radius 2 is 2.19 bits per heavy atom. The van der Waals surface area contributed by atoms with E-state index in [1.54, 1.807) is 11.3 Å². The molecule has 0 unspecified atom stereocenters. The number of hydrazine groups is 1. The van der Waals surface area contributed by atoms with Crippen LogP contribution in [-0.2, 0) is 6.54 Å². The standard InChI is InChI=1S/C15H23N5S/c1-2-3-11-4-7-20(8-5-11)10-13-17-14(19-16)12-6-9-21-15(12)18-13/h6,9,11H,2-5,7-8,10,16H2,1H3,(H,17,18,19). The maximum absolute atomic E-state index is 5.58. The van der Waals surface area contributed by atoms with E-state index in [4.69, 9.17) is 5.84 Å². The van der Waals surface area contributed by atoms with Crippen LogP contribution < -0.4 is 11.3 Å². The fraction of sp³-hybridized carbons (Fsp3) is 0.600. The highest BCUT2D eigenvalue weighted by Crippen LogP contribution is 2.26. The van der Waals surface area contributed by atoms with Gasteiger partial charge in [-0.1, -0.05) is 19.8 Å². The molecule has 114 valence electrons. The molecule has 0 saturated carbocycles. The van der Waals surface area contributed by atoms with Gasteiger partial charge in [-0.25, -0.2) is 15.8 Å². The smallest absolute Gasteiger partial charge is 0.152 e. The van der Waals surface area contributed by atoms with Gasteiger partial charge in [-0.3, -0.25) is 4.90 Å². The number of anilines is 1. The van der Waals surface area contributed by atoms with Crippen LogP contribution in [0.5, 0.6) is 0 Å². The highest BCUT2D eigenvalue weighted by Gasteiger charge is 2.19. The number of nitrogens with zero attached hydrogens (tertiary/aromatic N) is 3. The largest absolute Gasteiger partial charge is 0.308 e. The number of likely N-dealkylation sites (tertiary alicyclic amines) is 1. The molecule has 1 fully saturated rings. The molecule has 0 bridgehead atoms.